The van der Waals surface area contributed by atoms with E-state index in [4.69, 9.17) is 0 Å². The van der Waals surface area contributed by atoms with Gasteiger partial charge < -0.3 is 4.90 Å². The van der Waals surface area contributed by atoms with E-state index in [1.807, 2.05) is 0 Å². The zero-order valence-electron chi connectivity index (χ0n) is 10.5. The predicted octanol–water partition coefficient (Wildman–Crippen LogP) is 2.14. The second-order valence-corrected chi connectivity index (χ2v) is 4.45. The molecular weight excluding hydrogens is 184 g/mol. The van der Waals surface area contributed by atoms with Gasteiger partial charge in [0.05, 0.1) is 0 Å². The summed E-state index contributed by atoms with van der Waals surface area (Å²) in [6.45, 7) is 11.4. The molecule has 1 atom stereocenters. The number of nitrogens with zero attached hydrogens (tertiary/aromatic N) is 2. The molecule has 0 aromatic heterocycles. The SMILES string of the molecule is C/C=C\C=C(/C)C(C)N1CCN(C)CC1. The lowest BCUT2D eigenvalue weighted by Gasteiger charge is -2.36. The van der Waals surface area contributed by atoms with Gasteiger partial charge in [0, 0.05) is 32.2 Å². The minimum atomic E-state index is 0.579. The Hall–Kier alpha value is -0.600. The highest BCUT2D eigenvalue weighted by Crippen LogP contribution is 2.12. The van der Waals surface area contributed by atoms with Gasteiger partial charge in [-0.25, -0.2) is 0 Å². The van der Waals surface area contributed by atoms with Crippen molar-refractivity contribution in [2.45, 2.75) is 26.8 Å². The summed E-state index contributed by atoms with van der Waals surface area (Å²) in [5, 5.41) is 0. The number of likely N-dealkylation sites (N-methyl/N-ethyl adjacent to an activating group) is 1. The van der Waals surface area contributed by atoms with Crippen LogP contribution < -0.4 is 0 Å². The molecular formula is C13H24N2. The standard InChI is InChI=1S/C13H24N2/c1-5-6-7-12(2)13(3)15-10-8-14(4)9-11-15/h5-7,13H,8-11H2,1-4H3/b6-5-,12-7+. The Labute approximate surface area is 94.3 Å². The van der Waals surface area contributed by atoms with Crippen LogP contribution in [0.5, 0.6) is 0 Å². The van der Waals surface area contributed by atoms with Crippen LogP contribution in [0.2, 0.25) is 0 Å². The van der Waals surface area contributed by atoms with Gasteiger partial charge in [0.25, 0.3) is 0 Å². The predicted molar refractivity (Wildman–Crippen MR) is 67.1 cm³/mol. The van der Waals surface area contributed by atoms with Crippen LogP contribution in [0, 0.1) is 0 Å². The van der Waals surface area contributed by atoms with Gasteiger partial charge >= 0.3 is 0 Å². The number of allylic oxidation sites excluding steroid dienone is 3. The topological polar surface area (TPSA) is 6.48 Å². The van der Waals surface area contributed by atoms with Crippen molar-refractivity contribution in [2.24, 2.45) is 0 Å². The Morgan fingerprint density at radius 2 is 1.80 bits per heavy atom. The molecule has 0 aromatic rings. The zero-order valence-corrected chi connectivity index (χ0v) is 10.5. The first-order valence-corrected chi connectivity index (χ1v) is 5.87. The third-order valence-electron chi connectivity index (χ3n) is 3.30. The first kappa shape index (κ1) is 12.5. The second-order valence-electron chi connectivity index (χ2n) is 4.45. The number of piperazine rings is 1. The monoisotopic (exact) mass is 208 g/mol. The van der Waals surface area contributed by atoms with E-state index < -0.39 is 0 Å². The summed E-state index contributed by atoms with van der Waals surface area (Å²) in [5.41, 5.74) is 1.46. The molecule has 1 fully saturated rings. The Morgan fingerprint density at radius 1 is 1.20 bits per heavy atom. The van der Waals surface area contributed by atoms with Crippen LogP contribution >= 0.6 is 0 Å². The van der Waals surface area contributed by atoms with Crippen LogP contribution in [-0.2, 0) is 0 Å². The maximum Gasteiger partial charge on any atom is 0.0280 e. The fourth-order valence-corrected chi connectivity index (χ4v) is 1.88. The molecule has 2 heteroatoms. The first-order chi connectivity index (χ1) is 7.15. The van der Waals surface area contributed by atoms with Gasteiger partial charge in [0.1, 0.15) is 0 Å². The van der Waals surface area contributed by atoms with E-state index in [-0.39, 0.29) is 0 Å². The summed E-state index contributed by atoms with van der Waals surface area (Å²) >= 11 is 0. The van der Waals surface area contributed by atoms with Crippen molar-refractivity contribution in [3.05, 3.63) is 23.8 Å². The van der Waals surface area contributed by atoms with Crippen LogP contribution in [0.1, 0.15) is 20.8 Å². The van der Waals surface area contributed by atoms with Crippen molar-refractivity contribution in [2.75, 3.05) is 33.2 Å². The number of rotatable bonds is 3. The Balaban J connectivity index is 2.49. The first-order valence-electron chi connectivity index (χ1n) is 5.87. The van der Waals surface area contributed by atoms with Crippen molar-refractivity contribution in [3.8, 4) is 0 Å². The van der Waals surface area contributed by atoms with E-state index in [2.05, 4.69) is 55.8 Å². The molecule has 15 heavy (non-hydrogen) atoms. The third-order valence-corrected chi connectivity index (χ3v) is 3.30. The van der Waals surface area contributed by atoms with Crippen molar-refractivity contribution in [3.63, 3.8) is 0 Å². The average Bonchev–Trinajstić information content (AvgIpc) is 2.26. The van der Waals surface area contributed by atoms with Crippen LogP contribution in [-0.4, -0.2) is 49.1 Å². The van der Waals surface area contributed by atoms with Gasteiger partial charge in [0.15, 0.2) is 0 Å². The highest BCUT2D eigenvalue weighted by molar-refractivity contribution is 5.15. The summed E-state index contributed by atoms with van der Waals surface area (Å²) in [6, 6.07) is 0.579. The molecule has 1 aliphatic rings. The molecule has 0 amide bonds. The van der Waals surface area contributed by atoms with E-state index in [1.54, 1.807) is 0 Å². The molecule has 0 saturated carbocycles. The molecule has 0 aliphatic carbocycles. The van der Waals surface area contributed by atoms with Crippen LogP contribution in [0.4, 0.5) is 0 Å². The maximum absolute atomic E-state index is 2.56. The number of hydrogen-bond acceptors (Lipinski definition) is 2. The molecule has 2 nitrogen and oxygen atoms in total. The molecule has 0 spiro atoms. The second kappa shape index (κ2) is 6.09. The minimum absolute atomic E-state index is 0.579. The Kier molecular flexibility index (Phi) is 5.06. The molecule has 0 bridgehead atoms. The van der Waals surface area contributed by atoms with Crippen LogP contribution in [0.25, 0.3) is 0 Å². The Morgan fingerprint density at radius 3 is 2.33 bits per heavy atom. The van der Waals surface area contributed by atoms with E-state index in [1.165, 1.54) is 31.8 Å². The Bertz CT molecular complexity index is 235. The molecule has 0 radical (unpaired) electrons. The van der Waals surface area contributed by atoms with Gasteiger partial charge in [-0.1, -0.05) is 23.8 Å². The normalized spacial score (nSPS) is 23.6. The quantitative estimate of drug-likeness (QED) is 0.656. The minimum Gasteiger partial charge on any atom is -0.304 e. The van der Waals surface area contributed by atoms with E-state index in [9.17, 15) is 0 Å². The summed E-state index contributed by atoms with van der Waals surface area (Å²) in [7, 11) is 2.20. The van der Waals surface area contributed by atoms with E-state index in [0.717, 1.165) is 0 Å². The summed E-state index contributed by atoms with van der Waals surface area (Å²) < 4.78 is 0. The van der Waals surface area contributed by atoms with Gasteiger partial charge in [-0.15, -0.1) is 0 Å². The van der Waals surface area contributed by atoms with Gasteiger partial charge in [-0.2, -0.15) is 0 Å². The van der Waals surface area contributed by atoms with E-state index >= 15 is 0 Å². The zero-order chi connectivity index (χ0) is 11.3. The average molecular weight is 208 g/mol. The molecule has 1 unspecified atom stereocenters. The maximum atomic E-state index is 2.56. The molecule has 1 aliphatic heterocycles. The van der Waals surface area contributed by atoms with Crippen molar-refractivity contribution in [1.29, 1.82) is 0 Å². The van der Waals surface area contributed by atoms with Crippen molar-refractivity contribution < 1.29 is 0 Å². The molecule has 1 rings (SSSR count). The lowest BCUT2D eigenvalue weighted by Crippen LogP contribution is -2.48. The molecule has 1 heterocycles. The summed E-state index contributed by atoms with van der Waals surface area (Å²) in [5.74, 6) is 0. The largest absolute Gasteiger partial charge is 0.304 e. The highest BCUT2D eigenvalue weighted by atomic mass is 15.3. The molecule has 86 valence electrons. The third kappa shape index (κ3) is 3.80. The highest BCUT2D eigenvalue weighted by Gasteiger charge is 2.19. The van der Waals surface area contributed by atoms with Crippen molar-refractivity contribution in [1.82, 2.24) is 9.80 Å². The molecule has 0 aromatic carbocycles. The van der Waals surface area contributed by atoms with Crippen molar-refractivity contribution >= 4 is 0 Å². The summed E-state index contributed by atoms with van der Waals surface area (Å²) in [4.78, 5) is 4.96. The van der Waals surface area contributed by atoms with Crippen LogP contribution in [0.15, 0.2) is 23.8 Å². The fraction of sp³-hybridized carbons (Fsp3) is 0.692. The molecule has 0 N–H and O–H groups in total. The lowest BCUT2D eigenvalue weighted by atomic mass is 10.1. The van der Waals surface area contributed by atoms with Crippen LogP contribution in [0.3, 0.4) is 0 Å². The van der Waals surface area contributed by atoms with E-state index in [0.29, 0.717) is 6.04 Å². The summed E-state index contributed by atoms with van der Waals surface area (Å²) in [6.07, 6.45) is 6.44. The van der Waals surface area contributed by atoms with Gasteiger partial charge in [-0.05, 0) is 27.8 Å². The van der Waals surface area contributed by atoms with Gasteiger partial charge in [0.2, 0.25) is 0 Å². The van der Waals surface area contributed by atoms with Gasteiger partial charge in [-0.3, -0.25) is 4.90 Å². The lowest BCUT2D eigenvalue weighted by molar-refractivity contribution is 0.132. The molecule has 1 saturated heterocycles. The smallest absolute Gasteiger partial charge is 0.0280 e. The number of hydrogen-bond donors (Lipinski definition) is 0. The fourth-order valence-electron chi connectivity index (χ4n) is 1.88.